The molecule has 1 aromatic carbocycles. The molecule has 0 bridgehead atoms. The average Bonchev–Trinajstić information content (AvgIpc) is 2.56. The molecule has 1 heterocycles. The van der Waals surface area contributed by atoms with Gasteiger partial charge in [-0.25, -0.2) is 0 Å². The maximum Gasteiger partial charge on any atom is 0.269 e. The Morgan fingerprint density at radius 3 is 2.67 bits per heavy atom. The van der Waals surface area contributed by atoms with Crippen LogP contribution in [0.1, 0.15) is 24.8 Å². The second-order valence-electron chi connectivity index (χ2n) is 4.61. The van der Waals surface area contributed by atoms with Crippen LogP contribution in [0.5, 0.6) is 0 Å². The first-order chi connectivity index (χ1) is 8.66. The van der Waals surface area contributed by atoms with Gasteiger partial charge in [-0.1, -0.05) is 18.6 Å². The zero-order valence-corrected chi connectivity index (χ0v) is 10.1. The maximum atomic E-state index is 11.8. The number of carbonyl (C=O) groups excluding carboxylic acids is 1. The molecule has 0 spiro atoms. The van der Waals surface area contributed by atoms with Crippen LogP contribution in [-0.4, -0.2) is 17.4 Å². The Morgan fingerprint density at radius 1 is 1.28 bits per heavy atom. The van der Waals surface area contributed by atoms with Crippen molar-refractivity contribution < 1.29 is 9.72 Å². The number of carbonyl (C=O) groups is 1. The number of nitrogens with one attached hydrogen (secondary N) is 1. The van der Waals surface area contributed by atoms with E-state index in [-0.39, 0.29) is 17.5 Å². The summed E-state index contributed by atoms with van der Waals surface area (Å²) >= 11 is 0. The molecule has 1 amide bonds. The molecule has 1 fully saturated rings. The Bertz CT molecular complexity index is 442. The minimum Gasteiger partial charge on any atom is -0.356 e. The van der Waals surface area contributed by atoms with Gasteiger partial charge in [0.25, 0.3) is 5.69 Å². The first kappa shape index (κ1) is 12.5. The van der Waals surface area contributed by atoms with Crippen LogP contribution in [-0.2, 0) is 11.2 Å². The minimum atomic E-state index is -0.415. The van der Waals surface area contributed by atoms with Gasteiger partial charge >= 0.3 is 0 Å². The molecule has 0 saturated carbocycles. The fourth-order valence-electron chi connectivity index (χ4n) is 2.24. The largest absolute Gasteiger partial charge is 0.356 e. The fraction of sp³-hybridized carbons (Fsp3) is 0.462. The lowest BCUT2D eigenvalue weighted by atomic mass is 9.94. The molecular weight excluding hydrogens is 232 g/mol. The van der Waals surface area contributed by atoms with Gasteiger partial charge in [0.05, 0.1) is 4.92 Å². The standard InChI is InChI=1S/C13H16N2O3/c16-13-11(3-1-2-8-14-13)9-10-4-6-12(7-5-10)15(17)18/h4-7,11H,1-3,8-9H2,(H,14,16). The molecule has 1 aliphatic heterocycles. The molecule has 18 heavy (non-hydrogen) atoms. The highest BCUT2D eigenvalue weighted by molar-refractivity contribution is 5.79. The SMILES string of the molecule is O=C1NCCCCC1Cc1ccc([N+](=O)[O-])cc1. The van der Waals surface area contributed by atoms with E-state index in [1.54, 1.807) is 12.1 Å². The normalized spacial score (nSPS) is 20.0. The van der Waals surface area contributed by atoms with Crippen molar-refractivity contribution >= 4 is 11.6 Å². The quantitative estimate of drug-likeness (QED) is 0.657. The van der Waals surface area contributed by atoms with E-state index in [0.717, 1.165) is 31.4 Å². The smallest absolute Gasteiger partial charge is 0.269 e. The van der Waals surface area contributed by atoms with Gasteiger partial charge in [-0.3, -0.25) is 14.9 Å². The van der Waals surface area contributed by atoms with Crippen LogP contribution in [0.15, 0.2) is 24.3 Å². The van der Waals surface area contributed by atoms with Crippen molar-refractivity contribution in [3.05, 3.63) is 39.9 Å². The molecule has 0 aromatic heterocycles. The number of non-ortho nitro benzene ring substituents is 1. The number of hydrogen-bond acceptors (Lipinski definition) is 3. The molecular formula is C13H16N2O3. The number of nitrogens with zero attached hydrogens (tertiary/aromatic N) is 1. The molecule has 0 radical (unpaired) electrons. The molecule has 5 heteroatoms. The van der Waals surface area contributed by atoms with Crippen LogP contribution in [0.2, 0.25) is 0 Å². The first-order valence-corrected chi connectivity index (χ1v) is 6.18. The van der Waals surface area contributed by atoms with Gasteiger partial charge in [-0.15, -0.1) is 0 Å². The lowest BCUT2D eigenvalue weighted by molar-refractivity contribution is -0.384. The summed E-state index contributed by atoms with van der Waals surface area (Å²) in [5.74, 6) is 0.0970. The van der Waals surface area contributed by atoms with E-state index < -0.39 is 4.92 Å². The van der Waals surface area contributed by atoms with Crippen molar-refractivity contribution in [1.82, 2.24) is 5.32 Å². The molecule has 96 valence electrons. The van der Waals surface area contributed by atoms with Crippen LogP contribution in [0, 0.1) is 16.0 Å². The molecule has 1 N–H and O–H groups in total. The van der Waals surface area contributed by atoms with Crippen LogP contribution < -0.4 is 5.32 Å². The van der Waals surface area contributed by atoms with Gasteiger partial charge < -0.3 is 5.32 Å². The summed E-state index contributed by atoms with van der Waals surface area (Å²) in [6.07, 6.45) is 3.63. The van der Waals surface area contributed by atoms with Crippen LogP contribution >= 0.6 is 0 Å². The van der Waals surface area contributed by atoms with Crippen molar-refractivity contribution in [3.8, 4) is 0 Å². The summed E-state index contributed by atoms with van der Waals surface area (Å²) in [7, 11) is 0. The summed E-state index contributed by atoms with van der Waals surface area (Å²) in [5, 5.41) is 13.4. The molecule has 1 atom stereocenters. The Kier molecular flexibility index (Phi) is 3.92. The topological polar surface area (TPSA) is 72.2 Å². The van der Waals surface area contributed by atoms with E-state index in [9.17, 15) is 14.9 Å². The van der Waals surface area contributed by atoms with Gasteiger partial charge in [0, 0.05) is 24.6 Å². The van der Waals surface area contributed by atoms with Crippen molar-refractivity contribution in [2.45, 2.75) is 25.7 Å². The molecule has 1 saturated heterocycles. The summed E-state index contributed by atoms with van der Waals surface area (Å²) in [4.78, 5) is 21.9. The van der Waals surface area contributed by atoms with E-state index in [1.807, 2.05) is 0 Å². The highest BCUT2D eigenvalue weighted by Gasteiger charge is 2.20. The molecule has 1 unspecified atom stereocenters. The van der Waals surface area contributed by atoms with E-state index >= 15 is 0 Å². The summed E-state index contributed by atoms with van der Waals surface area (Å²) in [6, 6.07) is 6.44. The van der Waals surface area contributed by atoms with Gasteiger partial charge in [-0.05, 0) is 24.8 Å². The van der Waals surface area contributed by atoms with E-state index in [1.165, 1.54) is 12.1 Å². The zero-order chi connectivity index (χ0) is 13.0. The Labute approximate surface area is 105 Å². The monoisotopic (exact) mass is 248 g/mol. The molecule has 5 nitrogen and oxygen atoms in total. The number of amides is 1. The van der Waals surface area contributed by atoms with Crippen molar-refractivity contribution in [1.29, 1.82) is 0 Å². The third-order valence-electron chi connectivity index (χ3n) is 3.28. The molecule has 2 rings (SSSR count). The van der Waals surface area contributed by atoms with E-state index in [4.69, 9.17) is 0 Å². The van der Waals surface area contributed by atoms with Crippen LogP contribution in [0.25, 0.3) is 0 Å². The lowest BCUT2D eigenvalue weighted by Crippen LogP contribution is -2.30. The second-order valence-corrected chi connectivity index (χ2v) is 4.61. The number of hydrogen-bond donors (Lipinski definition) is 1. The predicted octanol–water partition coefficient (Wildman–Crippen LogP) is 2.05. The number of nitro groups is 1. The molecule has 1 aliphatic rings. The van der Waals surface area contributed by atoms with Crippen molar-refractivity contribution in [3.63, 3.8) is 0 Å². The van der Waals surface area contributed by atoms with Crippen molar-refractivity contribution in [2.75, 3.05) is 6.54 Å². The third kappa shape index (κ3) is 3.06. The predicted molar refractivity (Wildman–Crippen MR) is 67.2 cm³/mol. The number of nitro benzene ring substituents is 1. The summed E-state index contributed by atoms with van der Waals surface area (Å²) in [5.41, 5.74) is 1.06. The molecule has 1 aromatic rings. The molecule has 0 aliphatic carbocycles. The zero-order valence-electron chi connectivity index (χ0n) is 10.1. The van der Waals surface area contributed by atoms with Gasteiger partial charge in [0.1, 0.15) is 0 Å². The van der Waals surface area contributed by atoms with Crippen LogP contribution in [0.3, 0.4) is 0 Å². The van der Waals surface area contributed by atoms with Crippen LogP contribution in [0.4, 0.5) is 5.69 Å². The van der Waals surface area contributed by atoms with Gasteiger partial charge in [0.15, 0.2) is 0 Å². The Balaban J connectivity index is 2.03. The van der Waals surface area contributed by atoms with Gasteiger partial charge in [-0.2, -0.15) is 0 Å². The number of rotatable bonds is 3. The van der Waals surface area contributed by atoms with Crippen molar-refractivity contribution in [2.24, 2.45) is 5.92 Å². The summed E-state index contributed by atoms with van der Waals surface area (Å²) < 4.78 is 0. The maximum absolute atomic E-state index is 11.8. The van der Waals surface area contributed by atoms with E-state index in [2.05, 4.69) is 5.32 Å². The third-order valence-corrected chi connectivity index (χ3v) is 3.28. The van der Waals surface area contributed by atoms with E-state index in [0.29, 0.717) is 6.42 Å². The Hall–Kier alpha value is -1.91. The highest BCUT2D eigenvalue weighted by atomic mass is 16.6. The first-order valence-electron chi connectivity index (χ1n) is 6.18. The second kappa shape index (κ2) is 5.62. The minimum absolute atomic E-state index is 0.00560. The Morgan fingerprint density at radius 2 is 2.00 bits per heavy atom. The summed E-state index contributed by atoms with van der Waals surface area (Å²) in [6.45, 7) is 0.760. The lowest BCUT2D eigenvalue weighted by Gasteiger charge is -2.12. The number of benzene rings is 1. The highest BCUT2D eigenvalue weighted by Crippen LogP contribution is 2.20. The fourth-order valence-corrected chi connectivity index (χ4v) is 2.24. The van der Waals surface area contributed by atoms with Gasteiger partial charge in [0.2, 0.25) is 5.91 Å². The average molecular weight is 248 g/mol.